The number of halogens is 1. The second-order valence-corrected chi connectivity index (χ2v) is 5.81. The number of nitrogens with zero attached hydrogens (tertiary/aromatic N) is 2. The van der Waals surface area contributed by atoms with Gasteiger partial charge in [0.25, 0.3) is 0 Å². The molecule has 0 amide bonds. The summed E-state index contributed by atoms with van der Waals surface area (Å²) in [5.41, 5.74) is 1.10. The van der Waals surface area contributed by atoms with Gasteiger partial charge in [0.2, 0.25) is 0 Å². The van der Waals surface area contributed by atoms with Crippen molar-refractivity contribution >= 4 is 22.2 Å². The van der Waals surface area contributed by atoms with Gasteiger partial charge in [-0.3, -0.25) is 4.90 Å². The van der Waals surface area contributed by atoms with E-state index in [0.29, 0.717) is 0 Å². The number of carbonyl (C=O) groups excluding carboxylic acids is 1. The summed E-state index contributed by atoms with van der Waals surface area (Å²) in [6.07, 6.45) is 1.07. The molecule has 1 saturated heterocycles. The molecule has 0 spiro atoms. The van der Waals surface area contributed by atoms with Crippen LogP contribution in [0.15, 0.2) is 28.7 Å². The highest BCUT2D eigenvalue weighted by Crippen LogP contribution is 2.19. The first kappa shape index (κ1) is 13.7. The normalized spacial score (nSPS) is 19.7. The van der Waals surface area contributed by atoms with Crippen LogP contribution in [-0.4, -0.2) is 55.9 Å². The SMILES string of the molecule is CN1CCN(CC(C=O)c2ccc(Br)cc2)CC1. The van der Waals surface area contributed by atoms with E-state index < -0.39 is 0 Å². The first-order chi connectivity index (χ1) is 8.69. The van der Waals surface area contributed by atoms with E-state index in [-0.39, 0.29) is 5.92 Å². The summed E-state index contributed by atoms with van der Waals surface area (Å²) in [5, 5.41) is 0. The molecule has 0 bridgehead atoms. The van der Waals surface area contributed by atoms with Gasteiger partial charge in [-0.05, 0) is 24.7 Å². The van der Waals surface area contributed by atoms with Crippen LogP contribution in [0.1, 0.15) is 11.5 Å². The lowest BCUT2D eigenvalue weighted by Gasteiger charge is -2.33. The quantitative estimate of drug-likeness (QED) is 0.795. The molecule has 1 fully saturated rings. The third-order valence-corrected chi connectivity index (χ3v) is 4.04. The number of piperazine rings is 1. The van der Waals surface area contributed by atoms with Gasteiger partial charge in [0.15, 0.2) is 0 Å². The lowest BCUT2D eigenvalue weighted by molar-refractivity contribution is -0.109. The van der Waals surface area contributed by atoms with Gasteiger partial charge >= 0.3 is 0 Å². The number of hydrogen-bond acceptors (Lipinski definition) is 3. The van der Waals surface area contributed by atoms with Crippen LogP contribution in [0.2, 0.25) is 0 Å². The van der Waals surface area contributed by atoms with Crippen molar-refractivity contribution in [2.45, 2.75) is 5.92 Å². The monoisotopic (exact) mass is 310 g/mol. The van der Waals surface area contributed by atoms with E-state index in [1.165, 1.54) is 0 Å². The Bertz CT molecular complexity index is 385. The molecular formula is C14H19BrN2O. The number of likely N-dealkylation sites (N-methyl/N-ethyl adjacent to an activating group) is 1. The summed E-state index contributed by atoms with van der Waals surface area (Å²) < 4.78 is 1.05. The van der Waals surface area contributed by atoms with Gasteiger partial charge in [-0.25, -0.2) is 0 Å². The first-order valence-electron chi connectivity index (χ1n) is 6.30. The Hall–Kier alpha value is -0.710. The maximum atomic E-state index is 11.3. The van der Waals surface area contributed by atoms with Crippen molar-refractivity contribution < 1.29 is 4.79 Å². The standard InChI is InChI=1S/C14H19BrN2O/c1-16-6-8-17(9-7-16)10-13(11-18)12-2-4-14(15)5-3-12/h2-5,11,13H,6-10H2,1H3. The maximum Gasteiger partial charge on any atom is 0.128 e. The molecule has 0 aliphatic carbocycles. The van der Waals surface area contributed by atoms with Crippen LogP contribution in [0.25, 0.3) is 0 Å². The smallest absolute Gasteiger partial charge is 0.128 e. The number of aldehydes is 1. The molecular weight excluding hydrogens is 292 g/mol. The van der Waals surface area contributed by atoms with Gasteiger partial charge in [0.05, 0.1) is 5.92 Å². The topological polar surface area (TPSA) is 23.6 Å². The summed E-state index contributed by atoms with van der Waals surface area (Å²) in [6.45, 7) is 5.12. The molecule has 1 aromatic carbocycles. The Labute approximate surface area is 117 Å². The summed E-state index contributed by atoms with van der Waals surface area (Å²) in [5.74, 6) is -0.0125. The fourth-order valence-electron chi connectivity index (χ4n) is 2.25. The molecule has 1 aliphatic rings. The average Bonchev–Trinajstić information content (AvgIpc) is 2.39. The van der Waals surface area contributed by atoms with E-state index in [1.807, 2.05) is 24.3 Å². The molecule has 1 unspecified atom stereocenters. The highest BCUT2D eigenvalue weighted by atomic mass is 79.9. The fourth-order valence-corrected chi connectivity index (χ4v) is 2.51. The van der Waals surface area contributed by atoms with Crippen LogP contribution in [0.4, 0.5) is 0 Å². The zero-order chi connectivity index (χ0) is 13.0. The molecule has 4 heteroatoms. The molecule has 0 aromatic heterocycles. The average molecular weight is 311 g/mol. The highest BCUT2D eigenvalue weighted by Gasteiger charge is 2.19. The summed E-state index contributed by atoms with van der Waals surface area (Å²) in [6, 6.07) is 8.05. The van der Waals surface area contributed by atoms with Crippen LogP contribution in [-0.2, 0) is 4.79 Å². The largest absolute Gasteiger partial charge is 0.304 e. The van der Waals surface area contributed by atoms with Gasteiger partial charge in [-0.1, -0.05) is 28.1 Å². The molecule has 98 valence electrons. The third-order valence-electron chi connectivity index (χ3n) is 3.51. The van der Waals surface area contributed by atoms with Crippen molar-refractivity contribution in [1.82, 2.24) is 9.80 Å². The van der Waals surface area contributed by atoms with E-state index in [0.717, 1.165) is 49.0 Å². The highest BCUT2D eigenvalue weighted by molar-refractivity contribution is 9.10. The number of carbonyl (C=O) groups is 1. The van der Waals surface area contributed by atoms with Crippen LogP contribution in [0, 0.1) is 0 Å². The molecule has 2 rings (SSSR count). The minimum absolute atomic E-state index is 0.0125. The van der Waals surface area contributed by atoms with Crippen molar-refractivity contribution in [2.75, 3.05) is 39.8 Å². The van der Waals surface area contributed by atoms with Gasteiger partial charge in [-0.2, -0.15) is 0 Å². The zero-order valence-corrected chi connectivity index (χ0v) is 12.3. The molecule has 0 N–H and O–H groups in total. The Morgan fingerprint density at radius 3 is 2.39 bits per heavy atom. The minimum Gasteiger partial charge on any atom is -0.304 e. The zero-order valence-electron chi connectivity index (χ0n) is 10.7. The second kappa shape index (κ2) is 6.45. The van der Waals surface area contributed by atoms with Gasteiger partial charge < -0.3 is 9.69 Å². The van der Waals surface area contributed by atoms with Crippen molar-refractivity contribution in [1.29, 1.82) is 0 Å². The van der Waals surface area contributed by atoms with Crippen LogP contribution >= 0.6 is 15.9 Å². The Balaban J connectivity index is 1.97. The van der Waals surface area contributed by atoms with Crippen molar-refractivity contribution in [2.24, 2.45) is 0 Å². The predicted molar refractivity (Wildman–Crippen MR) is 76.9 cm³/mol. The molecule has 1 heterocycles. The number of hydrogen-bond donors (Lipinski definition) is 0. The van der Waals surface area contributed by atoms with Gasteiger partial charge in [-0.15, -0.1) is 0 Å². The van der Waals surface area contributed by atoms with Crippen LogP contribution in [0.3, 0.4) is 0 Å². The maximum absolute atomic E-state index is 11.3. The summed E-state index contributed by atoms with van der Waals surface area (Å²) in [4.78, 5) is 16.0. The Morgan fingerprint density at radius 2 is 1.83 bits per heavy atom. The second-order valence-electron chi connectivity index (χ2n) is 4.90. The molecule has 3 nitrogen and oxygen atoms in total. The molecule has 18 heavy (non-hydrogen) atoms. The van der Waals surface area contributed by atoms with E-state index in [2.05, 4.69) is 32.8 Å². The molecule has 0 saturated carbocycles. The number of benzene rings is 1. The summed E-state index contributed by atoms with van der Waals surface area (Å²) in [7, 11) is 2.14. The van der Waals surface area contributed by atoms with Crippen molar-refractivity contribution in [3.8, 4) is 0 Å². The Morgan fingerprint density at radius 1 is 1.22 bits per heavy atom. The van der Waals surface area contributed by atoms with E-state index in [4.69, 9.17) is 0 Å². The summed E-state index contributed by atoms with van der Waals surface area (Å²) >= 11 is 3.42. The minimum atomic E-state index is -0.0125. The lowest BCUT2D eigenvalue weighted by atomic mass is 10.00. The van der Waals surface area contributed by atoms with E-state index >= 15 is 0 Å². The fraction of sp³-hybridized carbons (Fsp3) is 0.500. The van der Waals surface area contributed by atoms with E-state index in [9.17, 15) is 4.79 Å². The number of rotatable bonds is 4. The van der Waals surface area contributed by atoms with E-state index in [1.54, 1.807) is 0 Å². The van der Waals surface area contributed by atoms with Crippen molar-refractivity contribution in [3.05, 3.63) is 34.3 Å². The predicted octanol–water partition coefficient (Wildman–Crippen LogP) is 1.98. The van der Waals surface area contributed by atoms with Crippen LogP contribution in [0.5, 0.6) is 0 Å². The molecule has 0 radical (unpaired) electrons. The lowest BCUT2D eigenvalue weighted by Crippen LogP contribution is -2.45. The van der Waals surface area contributed by atoms with Crippen LogP contribution < -0.4 is 0 Å². The third kappa shape index (κ3) is 3.64. The van der Waals surface area contributed by atoms with Crippen molar-refractivity contribution in [3.63, 3.8) is 0 Å². The Kier molecular flexibility index (Phi) is 4.92. The molecule has 1 aliphatic heterocycles. The molecule has 1 atom stereocenters. The van der Waals surface area contributed by atoms with Gasteiger partial charge in [0, 0.05) is 37.2 Å². The van der Waals surface area contributed by atoms with Gasteiger partial charge in [0.1, 0.15) is 6.29 Å². The first-order valence-corrected chi connectivity index (χ1v) is 7.10. The molecule has 1 aromatic rings.